The van der Waals surface area contributed by atoms with Crippen LogP contribution in [-0.4, -0.2) is 28.0 Å². The Labute approximate surface area is 172 Å². The lowest BCUT2D eigenvalue weighted by molar-refractivity contribution is -0.385. The summed E-state index contributed by atoms with van der Waals surface area (Å²) in [4.78, 5) is 14.7. The molecule has 3 aromatic rings. The van der Waals surface area contributed by atoms with Crippen LogP contribution in [0.4, 0.5) is 20.3 Å². The molecule has 0 unspecified atom stereocenters. The molecule has 0 aliphatic carbocycles. The van der Waals surface area contributed by atoms with Crippen molar-refractivity contribution >= 4 is 33.6 Å². The van der Waals surface area contributed by atoms with Crippen LogP contribution >= 0.6 is 15.9 Å². The molecule has 3 rings (SSSR count). The number of aliphatic imine (C=N–C) groups is 1. The molecule has 0 aliphatic heterocycles. The van der Waals surface area contributed by atoms with Crippen molar-refractivity contribution in [3.63, 3.8) is 0 Å². The van der Waals surface area contributed by atoms with Gasteiger partial charge in [0, 0.05) is 22.8 Å². The second-order valence-electron chi connectivity index (χ2n) is 5.92. The van der Waals surface area contributed by atoms with Crippen molar-refractivity contribution in [2.24, 2.45) is 4.99 Å². The Morgan fingerprint density at radius 2 is 2.03 bits per heavy atom. The van der Waals surface area contributed by atoms with Crippen LogP contribution in [0.3, 0.4) is 0 Å². The van der Waals surface area contributed by atoms with Crippen molar-refractivity contribution in [3.05, 3.63) is 79.9 Å². The highest BCUT2D eigenvalue weighted by Crippen LogP contribution is 2.27. The van der Waals surface area contributed by atoms with Gasteiger partial charge in [0.15, 0.2) is 5.82 Å². The lowest BCUT2D eigenvalue weighted by Gasteiger charge is -2.07. The second kappa shape index (κ2) is 8.91. The van der Waals surface area contributed by atoms with Crippen LogP contribution in [0.2, 0.25) is 0 Å². The average molecular weight is 465 g/mol. The van der Waals surface area contributed by atoms with Crippen molar-refractivity contribution < 1.29 is 18.4 Å². The Morgan fingerprint density at radius 1 is 1.31 bits per heavy atom. The summed E-state index contributed by atoms with van der Waals surface area (Å²) in [6, 6.07) is 12.6. The van der Waals surface area contributed by atoms with Crippen LogP contribution in [0.25, 0.3) is 0 Å². The zero-order valence-corrected chi connectivity index (χ0v) is 16.7. The van der Waals surface area contributed by atoms with Gasteiger partial charge in [0.1, 0.15) is 11.4 Å². The molecule has 0 N–H and O–H groups in total. The van der Waals surface area contributed by atoms with E-state index in [0.29, 0.717) is 10.2 Å². The van der Waals surface area contributed by atoms with Gasteiger partial charge in [-0.15, -0.1) is 0 Å². The van der Waals surface area contributed by atoms with Gasteiger partial charge in [-0.25, -0.2) is 13.8 Å². The lowest BCUT2D eigenvalue weighted by atomic mass is 10.2. The molecule has 1 aromatic heterocycles. The minimum atomic E-state index is -2.75. The molecule has 0 saturated heterocycles. The van der Waals surface area contributed by atoms with Crippen molar-refractivity contribution in [1.29, 1.82) is 0 Å². The predicted molar refractivity (Wildman–Crippen MR) is 107 cm³/mol. The predicted octanol–water partition coefficient (Wildman–Crippen LogP) is 5.30. The number of rotatable bonds is 7. The molecule has 150 valence electrons. The van der Waals surface area contributed by atoms with Gasteiger partial charge in [0.2, 0.25) is 0 Å². The maximum Gasteiger partial charge on any atom is 0.280 e. The van der Waals surface area contributed by atoms with Gasteiger partial charge in [0.25, 0.3) is 12.1 Å². The summed E-state index contributed by atoms with van der Waals surface area (Å²) >= 11 is 3.24. The minimum Gasteiger partial charge on any atom is -0.497 e. The van der Waals surface area contributed by atoms with Crippen LogP contribution in [0.15, 0.2) is 58.0 Å². The zero-order valence-electron chi connectivity index (χ0n) is 15.1. The molecule has 10 heteroatoms. The highest BCUT2D eigenvalue weighted by Gasteiger charge is 2.18. The van der Waals surface area contributed by atoms with Crippen LogP contribution in [0.5, 0.6) is 5.75 Å². The van der Waals surface area contributed by atoms with Crippen LogP contribution < -0.4 is 4.74 Å². The average Bonchev–Trinajstić information content (AvgIpc) is 3.10. The van der Waals surface area contributed by atoms with Crippen LogP contribution in [0.1, 0.15) is 23.2 Å². The fraction of sp³-hybridized carbons (Fsp3) is 0.158. The van der Waals surface area contributed by atoms with Gasteiger partial charge in [-0.1, -0.05) is 18.2 Å². The number of halogens is 3. The van der Waals surface area contributed by atoms with Gasteiger partial charge in [-0.05, 0) is 39.7 Å². The number of hydrogen-bond donors (Lipinski definition) is 0. The number of alkyl halides is 2. The van der Waals surface area contributed by atoms with E-state index in [1.165, 1.54) is 25.5 Å². The van der Waals surface area contributed by atoms with E-state index in [9.17, 15) is 18.9 Å². The number of hydrogen-bond acceptors (Lipinski definition) is 5. The topological polar surface area (TPSA) is 82.5 Å². The summed E-state index contributed by atoms with van der Waals surface area (Å²) in [6.07, 6.45) is -1.51. The summed E-state index contributed by atoms with van der Waals surface area (Å²) < 4.78 is 33.6. The van der Waals surface area contributed by atoms with Gasteiger partial charge >= 0.3 is 0 Å². The van der Waals surface area contributed by atoms with E-state index in [0.717, 1.165) is 16.3 Å². The van der Waals surface area contributed by atoms with E-state index < -0.39 is 11.3 Å². The van der Waals surface area contributed by atoms with Crippen molar-refractivity contribution in [2.45, 2.75) is 13.0 Å². The molecule has 0 aliphatic rings. The third kappa shape index (κ3) is 4.83. The van der Waals surface area contributed by atoms with E-state index >= 15 is 0 Å². The van der Waals surface area contributed by atoms with Crippen molar-refractivity contribution in [2.75, 3.05) is 7.11 Å². The maximum atomic E-state index is 13.4. The monoisotopic (exact) mass is 464 g/mol. The summed E-state index contributed by atoms with van der Waals surface area (Å²) in [7, 11) is 1.54. The van der Waals surface area contributed by atoms with E-state index in [4.69, 9.17) is 4.74 Å². The summed E-state index contributed by atoms with van der Waals surface area (Å²) in [6.45, 7) is 0.119. The number of benzene rings is 2. The molecule has 7 nitrogen and oxygen atoms in total. The largest absolute Gasteiger partial charge is 0.497 e. The number of ether oxygens (including phenoxy) is 1. The Bertz CT molecular complexity index is 1050. The molecule has 1 heterocycles. The molecular weight excluding hydrogens is 450 g/mol. The smallest absolute Gasteiger partial charge is 0.280 e. The highest BCUT2D eigenvalue weighted by molar-refractivity contribution is 9.10. The standard InChI is InChI=1S/C19H15BrF2N4O3/c1-29-13-7-5-12(6-8-13)11-25-17(19(21)22)9-18(24-25)23-10-14-15(20)3-2-4-16(14)26(27)28/h2-10,19H,11H2,1H3/b23-10+. The Hall–Kier alpha value is -3.14. The molecule has 0 spiro atoms. The quantitative estimate of drug-likeness (QED) is 0.270. The minimum absolute atomic E-state index is 0.0267. The molecule has 0 atom stereocenters. The Balaban J connectivity index is 1.91. The molecule has 0 saturated carbocycles. The SMILES string of the molecule is COc1ccc(Cn2nc(/N=C/c3c(Br)cccc3[N+](=O)[O-])cc2C(F)F)cc1. The summed E-state index contributed by atoms with van der Waals surface area (Å²) in [5, 5.41) is 15.3. The maximum absolute atomic E-state index is 13.4. The zero-order chi connectivity index (χ0) is 21.0. The van der Waals surface area contributed by atoms with Gasteiger partial charge in [0.05, 0.1) is 24.1 Å². The highest BCUT2D eigenvalue weighted by atomic mass is 79.9. The Kier molecular flexibility index (Phi) is 6.32. The molecule has 29 heavy (non-hydrogen) atoms. The van der Waals surface area contributed by atoms with Crippen molar-refractivity contribution in [1.82, 2.24) is 9.78 Å². The van der Waals surface area contributed by atoms with Crippen LogP contribution in [0, 0.1) is 10.1 Å². The summed E-state index contributed by atoms with van der Waals surface area (Å²) in [5.41, 5.74) is 0.526. The number of nitro benzene ring substituents is 1. The molecule has 0 radical (unpaired) electrons. The number of nitrogens with zero attached hydrogens (tertiary/aromatic N) is 4. The Morgan fingerprint density at radius 3 is 2.66 bits per heavy atom. The first-order valence-electron chi connectivity index (χ1n) is 8.35. The second-order valence-corrected chi connectivity index (χ2v) is 6.78. The fourth-order valence-electron chi connectivity index (χ4n) is 2.63. The molecule has 0 amide bonds. The fourth-order valence-corrected chi connectivity index (χ4v) is 3.09. The number of nitro groups is 1. The third-order valence-electron chi connectivity index (χ3n) is 4.07. The molecular formula is C19H15BrF2N4O3. The van der Waals surface area contributed by atoms with Gasteiger partial charge in [-0.2, -0.15) is 5.10 Å². The molecule has 0 fully saturated rings. The van der Waals surface area contributed by atoms with E-state index in [1.54, 1.807) is 30.3 Å². The first-order chi connectivity index (χ1) is 13.9. The van der Waals surface area contributed by atoms with Crippen LogP contribution in [-0.2, 0) is 6.54 Å². The normalized spacial score (nSPS) is 11.3. The molecule has 0 bridgehead atoms. The van der Waals surface area contributed by atoms with Crippen molar-refractivity contribution in [3.8, 4) is 5.75 Å². The first kappa shape index (κ1) is 20.6. The summed E-state index contributed by atoms with van der Waals surface area (Å²) in [5.74, 6) is 0.683. The van der Waals surface area contributed by atoms with E-state index in [-0.39, 0.29) is 29.3 Å². The first-order valence-corrected chi connectivity index (χ1v) is 9.14. The third-order valence-corrected chi connectivity index (χ3v) is 4.76. The van der Waals surface area contributed by atoms with Gasteiger partial charge in [-0.3, -0.25) is 14.8 Å². The van der Waals surface area contributed by atoms with Gasteiger partial charge < -0.3 is 4.74 Å². The van der Waals surface area contributed by atoms with E-state index in [2.05, 4.69) is 26.0 Å². The molecule has 2 aromatic carbocycles. The lowest BCUT2D eigenvalue weighted by Crippen LogP contribution is -2.06. The van der Waals surface area contributed by atoms with E-state index in [1.807, 2.05) is 0 Å². The number of methoxy groups -OCH3 is 1. The number of aromatic nitrogens is 2.